The molecule has 2 heterocycles. The summed E-state index contributed by atoms with van der Waals surface area (Å²) in [7, 11) is 0. The Morgan fingerprint density at radius 3 is 2.96 bits per heavy atom. The van der Waals surface area contributed by atoms with Crippen LogP contribution in [0, 0.1) is 0 Å². The summed E-state index contributed by atoms with van der Waals surface area (Å²) in [5.41, 5.74) is 5.77. The third-order valence-electron chi connectivity index (χ3n) is 3.94. The fourth-order valence-electron chi connectivity index (χ4n) is 2.65. The highest BCUT2D eigenvalue weighted by atomic mass is 16.5. The summed E-state index contributed by atoms with van der Waals surface area (Å²) in [5.74, 6) is -0.567. The minimum Gasteiger partial charge on any atom is -0.361 e. The normalized spacial score (nSPS) is 11.2. The van der Waals surface area contributed by atoms with Crippen LogP contribution in [0.25, 0.3) is 17.0 Å². The Morgan fingerprint density at radius 1 is 1.24 bits per heavy atom. The van der Waals surface area contributed by atoms with Crippen molar-refractivity contribution in [1.82, 2.24) is 20.8 Å². The van der Waals surface area contributed by atoms with E-state index in [2.05, 4.69) is 39.6 Å². The van der Waals surface area contributed by atoms with Gasteiger partial charge in [0, 0.05) is 30.5 Å². The number of carbonyl (C=O) groups is 1. The van der Waals surface area contributed by atoms with Crippen LogP contribution in [0.1, 0.15) is 16.8 Å². The van der Waals surface area contributed by atoms with E-state index in [9.17, 15) is 4.79 Å². The smallest absolute Gasteiger partial charge is 0.267 e. The fraction of sp³-hybridized carbons (Fsp3) is 0.158. The average molecular weight is 336 g/mol. The van der Waals surface area contributed by atoms with Crippen LogP contribution in [0.3, 0.4) is 0 Å². The van der Waals surface area contributed by atoms with Crippen LogP contribution in [-0.4, -0.2) is 27.6 Å². The van der Waals surface area contributed by atoms with Gasteiger partial charge in [0.15, 0.2) is 0 Å². The summed E-state index contributed by atoms with van der Waals surface area (Å²) in [4.78, 5) is 18.6. The van der Waals surface area contributed by atoms with Crippen molar-refractivity contribution in [1.29, 1.82) is 0 Å². The lowest BCUT2D eigenvalue weighted by molar-refractivity contribution is -0.124. The first-order valence-electron chi connectivity index (χ1n) is 8.09. The Bertz CT molecular complexity index is 869. The van der Waals surface area contributed by atoms with Crippen LogP contribution in [0.15, 0.2) is 54.9 Å². The van der Waals surface area contributed by atoms with Crippen LogP contribution in [0.4, 0.5) is 0 Å². The van der Waals surface area contributed by atoms with Gasteiger partial charge in [-0.2, -0.15) is 0 Å². The maximum atomic E-state index is 10.9. The SMILES string of the molecule is O=C(/C=C/c1ccc(CNCCc2cccc3cc[nH]c23)nc1)NO. The predicted molar refractivity (Wildman–Crippen MR) is 96.9 cm³/mol. The van der Waals surface area contributed by atoms with Crippen molar-refractivity contribution in [2.75, 3.05) is 6.54 Å². The Kier molecular flexibility index (Phi) is 5.56. The number of fused-ring (bicyclic) bond motifs is 1. The van der Waals surface area contributed by atoms with Gasteiger partial charge in [-0.15, -0.1) is 0 Å². The van der Waals surface area contributed by atoms with Gasteiger partial charge in [0.2, 0.25) is 0 Å². The Hall–Kier alpha value is -2.96. The number of aromatic nitrogens is 2. The van der Waals surface area contributed by atoms with Crippen molar-refractivity contribution >= 4 is 22.9 Å². The molecular formula is C19H20N4O2. The molecule has 0 aliphatic rings. The highest BCUT2D eigenvalue weighted by Gasteiger charge is 2.01. The lowest BCUT2D eigenvalue weighted by atomic mass is 10.1. The van der Waals surface area contributed by atoms with E-state index >= 15 is 0 Å². The van der Waals surface area contributed by atoms with Gasteiger partial charge in [0.25, 0.3) is 5.91 Å². The molecule has 0 fully saturated rings. The molecule has 0 saturated carbocycles. The molecule has 0 spiro atoms. The minimum absolute atomic E-state index is 0.567. The summed E-state index contributed by atoms with van der Waals surface area (Å²) in [6, 6.07) is 12.2. The van der Waals surface area contributed by atoms with Crippen molar-refractivity contribution in [3.05, 3.63) is 71.7 Å². The van der Waals surface area contributed by atoms with Crippen molar-refractivity contribution in [3.8, 4) is 0 Å². The highest BCUT2D eigenvalue weighted by molar-refractivity contribution is 5.90. The van der Waals surface area contributed by atoms with Gasteiger partial charge in [-0.1, -0.05) is 24.3 Å². The second kappa shape index (κ2) is 8.23. The largest absolute Gasteiger partial charge is 0.361 e. The van der Waals surface area contributed by atoms with E-state index in [1.54, 1.807) is 17.8 Å². The lowest BCUT2D eigenvalue weighted by Gasteiger charge is -2.06. The van der Waals surface area contributed by atoms with Crippen LogP contribution in [0.5, 0.6) is 0 Å². The van der Waals surface area contributed by atoms with Crippen molar-refractivity contribution in [3.63, 3.8) is 0 Å². The molecule has 3 aromatic rings. The molecule has 4 N–H and O–H groups in total. The maximum absolute atomic E-state index is 10.9. The maximum Gasteiger partial charge on any atom is 0.267 e. The van der Waals surface area contributed by atoms with Gasteiger partial charge in [-0.25, -0.2) is 5.48 Å². The van der Waals surface area contributed by atoms with Gasteiger partial charge < -0.3 is 10.3 Å². The predicted octanol–water partition coefficient (Wildman–Crippen LogP) is 2.41. The van der Waals surface area contributed by atoms with E-state index in [1.807, 2.05) is 18.3 Å². The zero-order chi connectivity index (χ0) is 17.5. The quantitative estimate of drug-likeness (QED) is 0.231. The molecular weight excluding hydrogens is 316 g/mol. The summed E-state index contributed by atoms with van der Waals surface area (Å²) >= 11 is 0. The molecule has 6 nitrogen and oxygen atoms in total. The first-order valence-corrected chi connectivity index (χ1v) is 8.09. The first-order chi connectivity index (χ1) is 12.3. The molecule has 0 unspecified atom stereocenters. The third-order valence-corrected chi connectivity index (χ3v) is 3.94. The number of hydrogen-bond donors (Lipinski definition) is 4. The van der Waals surface area contributed by atoms with E-state index in [4.69, 9.17) is 5.21 Å². The van der Waals surface area contributed by atoms with Crippen LogP contribution >= 0.6 is 0 Å². The number of rotatable bonds is 7. The number of hydroxylamine groups is 1. The molecule has 2 aromatic heterocycles. The number of H-pyrrole nitrogens is 1. The number of pyridine rings is 1. The molecule has 0 aliphatic carbocycles. The first kappa shape index (κ1) is 16.9. The fourth-order valence-corrected chi connectivity index (χ4v) is 2.65. The van der Waals surface area contributed by atoms with Crippen molar-refractivity contribution < 1.29 is 10.0 Å². The second-order valence-corrected chi connectivity index (χ2v) is 5.68. The minimum atomic E-state index is -0.567. The molecule has 0 saturated heterocycles. The average Bonchev–Trinajstić information content (AvgIpc) is 3.13. The Balaban J connectivity index is 1.48. The molecule has 0 atom stereocenters. The van der Waals surface area contributed by atoms with E-state index in [0.717, 1.165) is 24.2 Å². The standard InChI is InChI=1S/C19H20N4O2/c24-18(23-25)7-5-14-4-6-17(22-12-14)13-20-10-8-15-2-1-3-16-9-11-21-19(15)16/h1-7,9,11-12,20-21,25H,8,10,13H2,(H,23,24)/b7-5+. The second-order valence-electron chi connectivity index (χ2n) is 5.68. The molecule has 128 valence electrons. The van der Waals surface area contributed by atoms with Gasteiger partial charge in [0.1, 0.15) is 0 Å². The van der Waals surface area contributed by atoms with E-state index < -0.39 is 5.91 Å². The van der Waals surface area contributed by atoms with Crippen molar-refractivity contribution in [2.45, 2.75) is 13.0 Å². The van der Waals surface area contributed by atoms with E-state index in [1.165, 1.54) is 22.5 Å². The molecule has 0 bridgehead atoms. The number of benzene rings is 1. The number of nitrogens with zero attached hydrogens (tertiary/aromatic N) is 1. The number of para-hydroxylation sites is 1. The molecule has 0 aliphatic heterocycles. The van der Waals surface area contributed by atoms with Gasteiger partial charge in [-0.05, 0) is 47.7 Å². The molecule has 3 rings (SSSR count). The Morgan fingerprint density at radius 2 is 2.16 bits per heavy atom. The topological polar surface area (TPSA) is 90.0 Å². The van der Waals surface area contributed by atoms with Crippen molar-refractivity contribution in [2.24, 2.45) is 0 Å². The van der Waals surface area contributed by atoms with Gasteiger partial charge in [0.05, 0.1) is 5.69 Å². The van der Waals surface area contributed by atoms with E-state index in [0.29, 0.717) is 6.54 Å². The Labute approximate surface area is 145 Å². The van der Waals surface area contributed by atoms with Crippen LogP contribution in [-0.2, 0) is 17.8 Å². The number of carbonyl (C=O) groups excluding carboxylic acids is 1. The molecule has 0 radical (unpaired) electrons. The lowest BCUT2D eigenvalue weighted by Crippen LogP contribution is -2.17. The monoisotopic (exact) mass is 336 g/mol. The van der Waals surface area contributed by atoms with Gasteiger partial charge >= 0.3 is 0 Å². The zero-order valence-electron chi connectivity index (χ0n) is 13.7. The van der Waals surface area contributed by atoms with E-state index in [-0.39, 0.29) is 0 Å². The number of nitrogens with one attached hydrogen (secondary N) is 3. The summed E-state index contributed by atoms with van der Waals surface area (Å²) in [6.07, 6.45) is 7.43. The van der Waals surface area contributed by atoms with Gasteiger partial charge in [-0.3, -0.25) is 15.0 Å². The summed E-state index contributed by atoms with van der Waals surface area (Å²) in [5, 5.41) is 13.1. The van der Waals surface area contributed by atoms with Crippen LogP contribution in [0.2, 0.25) is 0 Å². The highest BCUT2D eigenvalue weighted by Crippen LogP contribution is 2.17. The number of amides is 1. The summed E-state index contributed by atoms with van der Waals surface area (Å²) < 4.78 is 0. The molecule has 1 amide bonds. The zero-order valence-corrected chi connectivity index (χ0v) is 13.7. The number of aromatic amines is 1. The molecule has 25 heavy (non-hydrogen) atoms. The molecule has 6 heteroatoms. The summed E-state index contributed by atoms with van der Waals surface area (Å²) in [6.45, 7) is 1.54. The third kappa shape index (κ3) is 4.53. The number of hydrogen-bond acceptors (Lipinski definition) is 4. The molecule has 1 aromatic carbocycles. The van der Waals surface area contributed by atoms with Crippen LogP contribution < -0.4 is 10.8 Å².